The van der Waals surface area contributed by atoms with Crippen LogP contribution in [0, 0.1) is 10.1 Å². The quantitative estimate of drug-likeness (QED) is 0.600. The minimum Gasteiger partial charge on any atom is -0.493 e. The van der Waals surface area contributed by atoms with Gasteiger partial charge in [0.05, 0.1) is 14.2 Å². The number of carbonyl (C=O) groups is 1. The first kappa shape index (κ1) is 12.3. The van der Waals surface area contributed by atoms with Crippen LogP contribution in [0.1, 0.15) is 22.3 Å². The average Bonchev–Trinajstić information content (AvgIpc) is 2.37. The first-order chi connectivity index (χ1) is 8.60. The summed E-state index contributed by atoms with van der Waals surface area (Å²) in [6, 6.07) is 2.02. The molecule has 0 heterocycles. The number of carbonyl (C=O) groups excluding carboxylic acids is 1. The van der Waals surface area contributed by atoms with Gasteiger partial charge in [0.15, 0.2) is 11.5 Å². The first-order valence-corrected chi connectivity index (χ1v) is 5.51. The SMILES string of the molecule is COc1ccc2c(c1OC)CCC([N+](=O)[O-])C2=O. The van der Waals surface area contributed by atoms with Crippen molar-refractivity contribution in [2.24, 2.45) is 0 Å². The Bertz CT molecular complexity index is 511. The van der Waals surface area contributed by atoms with Crippen molar-refractivity contribution in [2.75, 3.05) is 14.2 Å². The summed E-state index contributed by atoms with van der Waals surface area (Å²) in [7, 11) is 3.00. The molecule has 0 spiro atoms. The number of ether oxygens (including phenoxy) is 2. The molecule has 0 aromatic heterocycles. The average molecular weight is 251 g/mol. The number of benzene rings is 1. The molecule has 96 valence electrons. The zero-order chi connectivity index (χ0) is 13.3. The van der Waals surface area contributed by atoms with Crippen molar-refractivity contribution in [3.05, 3.63) is 33.4 Å². The highest BCUT2D eigenvalue weighted by atomic mass is 16.6. The van der Waals surface area contributed by atoms with E-state index in [2.05, 4.69) is 0 Å². The Morgan fingerprint density at radius 3 is 2.61 bits per heavy atom. The summed E-state index contributed by atoms with van der Waals surface area (Å²) in [6.45, 7) is 0. The number of fused-ring (bicyclic) bond motifs is 1. The van der Waals surface area contributed by atoms with Gasteiger partial charge in [0.1, 0.15) is 0 Å². The maximum Gasteiger partial charge on any atom is 0.275 e. The Balaban J connectivity index is 2.52. The summed E-state index contributed by atoms with van der Waals surface area (Å²) in [5, 5.41) is 10.8. The molecule has 0 amide bonds. The van der Waals surface area contributed by atoms with Crippen LogP contribution in [0.25, 0.3) is 0 Å². The molecule has 0 N–H and O–H groups in total. The normalized spacial score (nSPS) is 18.1. The van der Waals surface area contributed by atoms with Crippen molar-refractivity contribution in [3.8, 4) is 11.5 Å². The van der Waals surface area contributed by atoms with Gasteiger partial charge < -0.3 is 9.47 Å². The molecule has 0 fully saturated rings. The van der Waals surface area contributed by atoms with Gasteiger partial charge in [0.2, 0.25) is 5.78 Å². The fraction of sp³-hybridized carbons (Fsp3) is 0.417. The molecule has 6 nitrogen and oxygen atoms in total. The summed E-state index contributed by atoms with van der Waals surface area (Å²) in [5.74, 6) is 0.566. The highest BCUT2D eigenvalue weighted by molar-refractivity contribution is 6.02. The molecule has 0 aliphatic heterocycles. The van der Waals surface area contributed by atoms with Gasteiger partial charge in [-0.2, -0.15) is 0 Å². The Hall–Kier alpha value is -2.11. The Kier molecular flexibility index (Phi) is 3.18. The highest BCUT2D eigenvalue weighted by Gasteiger charge is 2.37. The van der Waals surface area contributed by atoms with E-state index in [9.17, 15) is 14.9 Å². The van der Waals surface area contributed by atoms with Crippen LogP contribution in [0.3, 0.4) is 0 Å². The molecule has 0 saturated carbocycles. The molecule has 1 atom stereocenters. The predicted molar refractivity (Wildman–Crippen MR) is 63.0 cm³/mol. The van der Waals surface area contributed by atoms with Gasteiger partial charge in [-0.1, -0.05) is 0 Å². The van der Waals surface area contributed by atoms with Crippen LogP contribution in [-0.4, -0.2) is 31.0 Å². The number of nitrogens with zero attached hydrogens (tertiary/aromatic N) is 1. The zero-order valence-corrected chi connectivity index (χ0v) is 10.1. The number of Topliss-reactive ketones (excluding diaryl/α,β-unsaturated/α-hetero) is 1. The van der Waals surface area contributed by atoms with E-state index in [1.54, 1.807) is 12.1 Å². The summed E-state index contributed by atoms with van der Waals surface area (Å²) in [4.78, 5) is 22.2. The smallest absolute Gasteiger partial charge is 0.275 e. The van der Waals surface area contributed by atoms with Crippen molar-refractivity contribution in [1.82, 2.24) is 0 Å². The molecule has 1 aromatic carbocycles. The second-order valence-electron chi connectivity index (χ2n) is 4.03. The van der Waals surface area contributed by atoms with Crippen LogP contribution in [0.4, 0.5) is 0 Å². The third-order valence-corrected chi connectivity index (χ3v) is 3.14. The molecule has 1 aromatic rings. The van der Waals surface area contributed by atoms with E-state index in [-0.39, 0.29) is 6.42 Å². The Morgan fingerprint density at radius 2 is 2.06 bits per heavy atom. The molecular formula is C12H13NO5. The van der Waals surface area contributed by atoms with Gasteiger partial charge in [-0.05, 0) is 18.6 Å². The second kappa shape index (κ2) is 4.64. The van der Waals surface area contributed by atoms with E-state index in [1.807, 2.05) is 0 Å². The maximum atomic E-state index is 12.0. The first-order valence-electron chi connectivity index (χ1n) is 5.51. The second-order valence-corrected chi connectivity index (χ2v) is 4.03. The van der Waals surface area contributed by atoms with Gasteiger partial charge >= 0.3 is 0 Å². The van der Waals surface area contributed by atoms with Crippen molar-refractivity contribution < 1.29 is 19.2 Å². The fourth-order valence-corrected chi connectivity index (χ4v) is 2.26. The van der Waals surface area contributed by atoms with E-state index in [0.29, 0.717) is 29.0 Å². The fourth-order valence-electron chi connectivity index (χ4n) is 2.26. The standard InChI is InChI=1S/C12H13NO5/c1-17-10-6-4-7-8(12(10)18-2)3-5-9(11(7)14)13(15)16/h4,6,9H,3,5H2,1-2H3. The predicted octanol–water partition coefficient (Wildman–Crippen LogP) is 1.48. The highest BCUT2D eigenvalue weighted by Crippen LogP contribution is 2.37. The molecule has 1 aliphatic carbocycles. The monoisotopic (exact) mass is 251 g/mol. The van der Waals surface area contributed by atoms with Crippen LogP contribution >= 0.6 is 0 Å². The molecule has 6 heteroatoms. The molecular weight excluding hydrogens is 238 g/mol. The van der Waals surface area contributed by atoms with Crippen molar-refractivity contribution in [2.45, 2.75) is 18.9 Å². The topological polar surface area (TPSA) is 78.7 Å². The number of rotatable bonds is 3. The molecule has 18 heavy (non-hydrogen) atoms. The Morgan fingerprint density at radius 1 is 1.33 bits per heavy atom. The molecule has 2 rings (SSSR count). The lowest BCUT2D eigenvalue weighted by molar-refractivity contribution is -0.506. The van der Waals surface area contributed by atoms with E-state index in [1.165, 1.54) is 14.2 Å². The molecule has 0 radical (unpaired) electrons. The van der Waals surface area contributed by atoms with Crippen LogP contribution in [-0.2, 0) is 6.42 Å². The van der Waals surface area contributed by atoms with Crippen molar-refractivity contribution in [3.63, 3.8) is 0 Å². The van der Waals surface area contributed by atoms with Crippen molar-refractivity contribution >= 4 is 5.78 Å². The van der Waals surface area contributed by atoms with Gasteiger partial charge in [-0.3, -0.25) is 14.9 Å². The molecule has 0 saturated heterocycles. The van der Waals surface area contributed by atoms with Crippen LogP contribution in [0.5, 0.6) is 11.5 Å². The van der Waals surface area contributed by atoms with E-state index in [4.69, 9.17) is 9.47 Å². The van der Waals surface area contributed by atoms with Gasteiger partial charge in [-0.25, -0.2) is 0 Å². The van der Waals surface area contributed by atoms with Crippen LogP contribution in [0.15, 0.2) is 12.1 Å². The van der Waals surface area contributed by atoms with E-state index < -0.39 is 16.7 Å². The summed E-state index contributed by atoms with van der Waals surface area (Å²) in [6.07, 6.45) is 0.634. The lowest BCUT2D eigenvalue weighted by Gasteiger charge is -2.21. The number of hydrogen-bond acceptors (Lipinski definition) is 5. The van der Waals surface area contributed by atoms with Gasteiger partial charge in [0.25, 0.3) is 6.04 Å². The third kappa shape index (κ3) is 1.79. The van der Waals surface area contributed by atoms with Crippen molar-refractivity contribution in [1.29, 1.82) is 0 Å². The molecule has 1 aliphatic rings. The zero-order valence-electron chi connectivity index (χ0n) is 10.1. The maximum absolute atomic E-state index is 12.0. The number of ketones is 1. The van der Waals surface area contributed by atoms with Crippen LogP contribution in [0.2, 0.25) is 0 Å². The lowest BCUT2D eigenvalue weighted by atomic mass is 9.86. The van der Waals surface area contributed by atoms with E-state index in [0.717, 1.165) is 0 Å². The molecule has 0 bridgehead atoms. The summed E-state index contributed by atoms with van der Waals surface area (Å²) >= 11 is 0. The number of hydrogen-bond donors (Lipinski definition) is 0. The van der Waals surface area contributed by atoms with Crippen LogP contribution < -0.4 is 9.47 Å². The third-order valence-electron chi connectivity index (χ3n) is 3.14. The Labute approximate surface area is 104 Å². The largest absolute Gasteiger partial charge is 0.493 e. The van der Waals surface area contributed by atoms with Gasteiger partial charge in [0, 0.05) is 22.5 Å². The summed E-state index contributed by atoms with van der Waals surface area (Å²) in [5.41, 5.74) is 1.06. The number of methoxy groups -OCH3 is 2. The lowest BCUT2D eigenvalue weighted by Crippen LogP contribution is -2.34. The minimum absolute atomic E-state index is 0.197. The molecule has 1 unspecified atom stereocenters. The minimum atomic E-state index is -1.14. The number of nitro groups is 1. The summed E-state index contributed by atoms with van der Waals surface area (Å²) < 4.78 is 10.4. The van der Waals surface area contributed by atoms with E-state index >= 15 is 0 Å². The van der Waals surface area contributed by atoms with Gasteiger partial charge in [-0.15, -0.1) is 0 Å².